The van der Waals surface area contributed by atoms with E-state index in [2.05, 4.69) is 15.3 Å². The van der Waals surface area contributed by atoms with Crippen molar-refractivity contribution in [1.29, 1.82) is 0 Å². The van der Waals surface area contributed by atoms with Gasteiger partial charge in [0.2, 0.25) is 0 Å². The molecular weight excluding hydrogens is 166 g/mol. The highest BCUT2D eigenvalue weighted by atomic mass is 16.3. The Morgan fingerprint density at radius 1 is 1.62 bits per heavy atom. The van der Waals surface area contributed by atoms with E-state index < -0.39 is 6.10 Å². The standard InChI is InChI=1S/C9H13N3O/c13-9(7-2-1-4-11-7)8-3-5-10-6-12-8/h3,5-7,9,11,13H,1-2,4H2. The number of aliphatic hydroxyl groups is 1. The first-order chi connectivity index (χ1) is 6.38. The molecule has 2 atom stereocenters. The van der Waals surface area contributed by atoms with E-state index in [1.165, 1.54) is 6.33 Å². The monoisotopic (exact) mass is 179 g/mol. The van der Waals surface area contributed by atoms with Crippen LogP contribution in [0.3, 0.4) is 0 Å². The van der Waals surface area contributed by atoms with E-state index in [4.69, 9.17) is 0 Å². The van der Waals surface area contributed by atoms with Crippen molar-refractivity contribution in [3.63, 3.8) is 0 Å². The molecule has 0 radical (unpaired) electrons. The molecule has 2 unspecified atom stereocenters. The van der Waals surface area contributed by atoms with E-state index in [9.17, 15) is 5.11 Å². The Kier molecular flexibility index (Phi) is 2.52. The van der Waals surface area contributed by atoms with Gasteiger partial charge in [0, 0.05) is 12.2 Å². The van der Waals surface area contributed by atoms with E-state index in [-0.39, 0.29) is 6.04 Å². The molecule has 0 bridgehead atoms. The minimum absolute atomic E-state index is 0.162. The highest BCUT2D eigenvalue weighted by Crippen LogP contribution is 2.20. The number of nitrogens with one attached hydrogen (secondary N) is 1. The summed E-state index contributed by atoms with van der Waals surface area (Å²) in [7, 11) is 0. The summed E-state index contributed by atoms with van der Waals surface area (Å²) in [4.78, 5) is 7.83. The zero-order valence-electron chi connectivity index (χ0n) is 7.35. The van der Waals surface area contributed by atoms with E-state index in [1.807, 2.05) is 0 Å². The van der Waals surface area contributed by atoms with Crippen molar-refractivity contribution in [2.45, 2.75) is 25.0 Å². The Hall–Kier alpha value is -1.00. The normalized spacial score (nSPS) is 24.5. The zero-order chi connectivity index (χ0) is 9.10. The quantitative estimate of drug-likeness (QED) is 0.684. The lowest BCUT2D eigenvalue weighted by molar-refractivity contribution is 0.133. The average molecular weight is 179 g/mol. The van der Waals surface area contributed by atoms with Crippen LogP contribution >= 0.6 is 0 Å². The maximum absolute atomic E-state index is 9.87. The molecule has 1 aromatic heterocycles. The largest absolute Gasteiger partial charge is 0.385 e. The highest BCUT2D eigenvalue weighted by Gasteiger charge is 2.24. The molecule has 0 aliphatic carbocycles. The molecule has 1 aliphatic rings. The van der Waals surface area contributed by atoms with Crippen molar-refractivity contribution in [3.05, 3.63) is 24.3 Å². The molecule has 1 saturated heterocycles. The molecule has 0 amide bonds. The summed E-state index contributed by atoms with van der Waals surface area (Å²) in [6.07, 6.45) is 4.77. The zero-order valence-corrected chi connectivity index (χ0v) is 7.35. The lowest BCUT2D eigenvalue weighted by atomic mass is 10.1. The van der Waals surface area contributed by atoms with Gasteiger partial charge in [0.05, 0.1) is 5.69 Å². The van der Waals surface area contributed by atoms with Gasteiger partial charge in [-0.05, 0) is 25.5 Å². The van der Waals surface area contributed by atoms with Gasteiger partial charge in [-0.2, -0.15) is 0 Å². The molecule has 0 aromatic carbocycles. The van der Waals surface area contributed by atoms with Crippen molar-refractivity contribution in [3.8, 4) is 0 Å². The van der Waals surface area contributed by atoms with Gasteiger partial charge in [-0.3, -0.25) is 0 Å². The van der Waals surface area contributed by atoms with Crippen LogP contribution in [-0.2, 0) is 0 Å². The SMILES string of the molecule is OC(c1ccncn1)C1CCCN1. The number of rotatable bonds is 2. The Morgan fingerprint density at radius 2 is 2.54 bits per heavy atom. The summed E-state index contributed by atoms with van der Waals surface area (Å²) in [5, 5.41) is 13.1. The predicted molar refractivity (Wildman–Crippen MR) is 48.0 cm³/mol. The first-order valence-corrected chi connectivity index (χ1v) is 4.55. The van der Waals surface area contributed by atoms with E-state index in [0.29, 0.717) is 5.69 Å². The summed E-state index contributed by atoms with van der Waals surface area (Å²) in [6.45, 7) is 0.993. The minimum atomic E-state index is -0.495. The second kappa shape index (κ2) is 3.81. The van der Waals surface area contributed by atoms with Crippen LogP contribution in [-0.4, -0.2) is 27.7 Å². The lowest BCUT2D eigenvalue weighted by Crippen LogP contribution is -2.29. The topological polar surface area (TPSA) is 58.0 Å². The van der Waals surface area contributed by atoms with Crippen LogP contribution < -0.4 is 5.32 Å². The molecule has 1 fully saturated rings. The Balaban J connectivity index is 2.08. The summed E-state index contributed by atoms with van der Waals surface area (Å²) < 4.78 is 0. The summed E-state index contributed by atoms with van der Waals surface area (Å²) in [5.74, 6) is 0. The fraction of sp³-hybridized carbons (Fsp3) is 0.556. The van der Waals surface area contributed by atoms with Gasteiger partial charge in [-0.25, -0.2) is 9.97 Å². The van der Waals surface area contributed by atoms with Crippen LogP contribution in [0.25, 0.3) is 0 Å². The number of hydrogen-bond acceptors (Lipinski definition) is 4. The van der Waals surface area contributed by atoms with Crippen LogP contribution in [0.15, 0.2) is 18.6 Å². The van der Waals surface area contributed by atoms with Crippen LogP contribution in [0, 0.1) is 0 Å². The van der Waals surface area contributed by atoms with Crippen molar-refractivity contribution in [2.75, 3.05) is 6.54 Å². The molecule has 2 heterocycles. The van der Waals surface area contributed by atoms with E-state index >= 15 is 0 Å². The van der Waals surface area contributed by atoms with Gasteiger partial charge in [0.1, 0.15) is 12.4 Å². The van der Waals surface area contributed by atoms with Crippen LogP contribution in [0.4, 0.5) is 0 Å². The molecule has 0 spiro atoms. The van der Waals surface area contributed by atoms with Crippen LogP contribution in [0.2, 0.25) is 0 Å². The second-order valence-electron chi connectivity index (χ2n) is 3.28. The maximum atomic E-state index is 9.87. The molecule has 4 nitrogen and oxygen atoms in total. The number of nitrogens with zero attached hydrogens (tertiary/aromatic N) is 2. The van der Waals surface area contributed by atoms with Crippen molar-refractivity contribution >= 4 is 0 Å². The Morgan fingerprint density at radius 3 is 3.15 bits per heavy atom. The minimum Gasteiger partial charge on any atom is -0.385 e. The molecule has 0 saturated carbocycles. The fourth-order valence-corrected chi connectivity index (χ4v) is 1.66. The van der Waals surface area contributed by atoms with Gasteiger partial charge in [-0.15, -0.1) is 0 Å². The van der Waals surface area contributed by atoms with Gasteiger partial charge in [-0.1, -0.05) is 0 Å². The molecule has 4 heteroatoms. The molecule has 70 valence electrons. The molecule has 13 heavy (non-hydrogen) atoms. The number of hydrogen-bond donors (Lipinski definition) is 2. The van der Waals surface area contributed by atoms with Crippen molar-refractivity contribution in [2.24, 2.45) is 0 Å². The third-order valence-electron chi connectivity index (χ3n) is 2.39. The summed E-state index contributed by atoms with van der Waals surface area (Å²) in [5.41, 5.74) is 0.703. The van der Waals surface area contributed by atoms with Gasteiger partial charge < -0.3 is 10.4 Å². The van der Waals surface area contributed by atoms with Gasteiger partial charge in [0.15, 0.2) is 0 Å². The summed E-state index contributed by atoms with van der Waals surface area (Å²) in [6, 6.07) is 1.92. The Bertz CT molecular complexity index is 259. The van der Waals surface area contributed by atoms with Crippen LogP contribution in [0.5, 0.6) is 0 Å². The Labute approximate surface area is 77.0 Å². The van der Waals surface area contributed by atoms with Gasteiger partial charge in [0.25, 0.3) is 0 Å². The molecule has 2 N–H and O–H groups in total. The molecule has 1 aromatic rings. The average Bonchev–Trinajstić information content (AvgIpc) is 2.71. The smallest absolute Gasteiger partial charge is 0.115 e. The third-order valence-corrected chi connectivity index (χ3v) is 2.39. The van der Waals surface area contributed by atoms with Crippen LogP contribution in [0.1, 0.15) is 24.6 Å². The third kappa shape index (κ3) is 1.84. The van der Waals surface area contributed by atoms with Gasteiger partial charge >= 0.3 is 0 Å². The number of aromatic nitrogens is 2. The molecular formula is C9H13N3O. The van der Waals surface area contributed by atoms with Crippen molar-refractivity contribution in [1.82, 2.24) is 15.3 Å². The summed E-state index contributed by atoms with van der Waals surface area (Å²) >= 11 is 0. The predicted octanol–water partition coefficient (Wildman–Crippen LogP) is 0.262. The first kappa shape index (κ1) is 8.59. The lowest BCUT2D eigenvalue weighted by Gasteiger charge is -2.16. The van der Waals surface area contributed by atoms with Crippen molar-refractivity contribution < 1.29 is 5.11 Å². The maximum Gasteiger partial charge on any atom is 0.115 e. The van der Waals surface area contributed by atoms with E-state index in [0.717, 1.165) is 19.4 Å². The highest BCUT2D eigenvalue weighted by molar-refractivity contribution is 5.05. The first-order valence-electron chi connectivity index (χ1n) is 4.55. The molecule has 2 rings (SSSR count). The fourth-order valence-electron chi connectivity index (χ4n) is 1.66. The second-order valence-corrected chi connectivity index (χ2v) is 3.28. The number of aliphatic hydroxyl groups excluding tert-OH is 1. The van der Waals surface area contributed by atoms with E-state index in [1.54, 1.807) is 12.3 Å². The molecule has 1 aliphatic heterocycles.